The molecule has 7 atom stereocenters. The molecule has 4 aliphatic carbocycles. The van der Waals surface area contributed by atoms with Gasteiger partial charge in [0.25, 0.3) is 0 Å². The van der Waals surface area contributed by atoms with E-state index in [2.05, 4.69) is 13.0 Å². The van der Waals surface area contributed by atoms with Crippen molar-refractivity contribution in [2.24, 2.45) is 28.6 Å². The first-order valence-corrected chi connectivity index (χ1v) is 8.94. The number of hydrogen-bond donors (Lipinski definition) is 1. The van der Waals surface area contributed by atoms with Crippen LogP contribution >= 0.6 is 0 Å². The van der Waals surface area contributed by atoms with Gasteiger partial charge in [0, 0.05) is 5.41 Å². The molecule has 0 aromatic carbocycles. The van der Waals surface area contributed by atoms with Crippen molar-refractivity contribution in [1.82, 2.24) is 0 Å². The molecule has 0 bridgehead atoms. The lowest BCUT2D eigenvalue weighted by atomic mass is 9.46. The molecule has 4 aliphatic rings. The van der Waals surface area contributed by atoms with E-state index < -0.39 is 17.7 Å². The number of carbonyl (C=O) groups excluding carboxylic acids is 1. The maximum absolute atomic E-state index is 14.1. The molecule has 0 heterocycles. The first-order valence-electron chi connectivity index (χ1n) is 8.94. The Hall–Kier alpha value is -0.700. The first kappa shape index (κ1) is 14.9. The molecule has 0 aromatic heterocycles. The molecule has 3 fully saturated rings. The quantitative estimate of drug-likeness (QED) is 0.691. The molecule has 0 aliphatic heterocycles. The van der Waals surface area contributed by atoms with Gasteiger partial charge in [-0.2, -0.15) is 0 Å². The Morgan fingerprint density at radius 2 is 2.09 bits per heavy atom. The minimum Gasteiger partial charge on any atom is -0.393 e. The number of halogens is 1. The van der Waals surface area contributed by atoms with Crippen LogP contribution in [0.25, 0.3) is 0 Å². The van der Waals surface area contributed by atoms with Gasteiger partial charge in [-0.1, -0.05) is 25.5 Å². The Balaban J connectivity index is 1.75. The van der Waals surface area contributed by atoms with Crippen LogP contribution < -0.4 is 0 Å². The number of aliphatic hydroxyl groups excluding tert-OH is 1. The summed E-state index contributed by atoms with van der Waals surface area (Å²) in [7, 11) is 0. The van der Waals surface area contributed by atoms with Crippen molar-refractivity contribution in [2.75, 3.05) is 0 Å². The standard InChI is InChI=1S/C19H27FO2/c1-18-8-4-3-5-11(18)6-7-12-13-9-14(20)17(22)19(13,2)10-15(21)16(12)18/h5,12-16,21H,3-4,6-10H2,1-2H3/t12-,13-,14?,15-,16+,18-,19-/m0/s1. The van der Waals surface area contributed by atoms with Crippen molar-refractivity contribution in [1.29, 1.82) is 0 Å². The molecule has 4 rings (SSSR count). The van der Waals surface area contributed by atoms with Gasteiger partial charge in [-0.25, -0.2) is 4.39 Å². The van der Waals surface area contributed by atoms with Crippen LogP contribution in [0.1, 0.15) is 58.8 Å². The number of aliphatic hydroxyl groups is 1. The number of Topliss-reactive ketones (excluding diaryl/α,β-unsaturated/α-hetero) is 1. The number of rotatable bonds is 0. The Bertz CT molecular complexity index is 542. The molecule has 0 amide bonds. The average molecular weight is 306 g/mol. The van der Waals surface area contributed by atoms with E-state index in [0.717, 1.165) is 25.7 Å². The Labute approximate surface area is 132 Å². The van der Waals surface area contributed by atoms with E-state index >= 15 is 0 Å². The summed E-state index contributed by atoms with van der Waals surface area (Å²) in [5, 5.41) is 10.9. The summed E-state index contributed by atoms with van der Waals surface area (Å²) in [5.74, 6) is 0.400. The summed E-state index contributed by atoms with van der Waals surface area (Å²) < 4.78 is 14.1. The summed E-state index contributed by atoms with van der Waals surface area (Å²) >= 11 is 0. The topological polar surface area (TPSA) is 37.3 Å². The summed E-state index contributed by atoms with van der Waals surface area (Å²) in [6.07, 6.45) is 7.02. The van der Waals surface area contributed by atoms with E-state index in [4.69, 9.17) is 0 Å². The van der Waals surface area contributed by atoms with Crippen LogP contribution in [0.5, 0.6) is 0 Å². The molecule has 0 saturated heterocycles. The van der Waals surface area contributed by atoms with Crippen LogP contribution in [0.2, 0.25) is 0 Å². The third-order valence-corrected chi connectivity index (χ3v) is 7.66. The van der Waals surface area contributed by atoms with Crippen LogP contribution in [-0.4, -0.2) is 23.2 Å². The van der Waals surface area contributed by atoms with Gasteiger partial charge in [-0.15, -0.1) is 0 Å². The third kappa shape index (κ3) is 1.72. The molecular formula is C19H27FO2. The predicted molar refractivity (Wildman–Crippen MR) is 83.0 cm³/mol. The lowest BCUT2D eigenvalue weighted by Crippen LogP contribution is -2.56. The first-order chi connectivity index (χ1) is 10.4. The molecule has 3 saturated carbocycles. The van der Waals surface area contributed by atoms with Gasteiger partial charge in [0.05, 0.1) is 6.10 Å². The Kier molecular flexibility index (Phi) is 3.15. The van der Waals surface area contributed by atoms with E-state index in [-0.39, 0.29) is 23.0 Å². The average Bonchev–Trinajstić information content (AvgIpc) is 2.70. The van der Waals surface area contributed by atoms with E-state index in [1.807, 2.05) is 6.92 Å². The zero-order chi connectivity index (χ0) is 15.7. The molecule has 0 spiro atoms. The van der Waals surface area contributed by atoms with Crippen molar-refractivity contribution in [3.8, 4) is 0 Å². The molecule has 22 heavy (non-hydrogen) atoms. The molecule has 122 valence electrons. The van der Waals surface area contributed by atoms with Crippen LogP contribution in [0.15, 0.2) is 11.6 Å². The number of carbonyl (C=O) groups is 1. The number of allylic oxidation sites excluding steroid dienone is 2. The maximum Gasteiger partial charge on any atom is 0.173 e. The normalized spacial score (nSPS) is 54.3. The van der Waals surface area contributed by atoms with Crippen LogP contribution in [0, 0.1) is 28.6 Å². The van der Waals surface area contributed by atoms with Gasteiger partial charge in [-0.05, 0) is 68.1 Å². The van der Waals surface area contributed by atoms with Gasteiger partial charge >= 0.3 is 0 Å². The summed E-state index contributed by atoms with van der Waals surface area (Å²) in [6.45, 7) is 4.22. The largest absolute Gasteiger partial charge is 0.393 e. The minimum absolute atomic E-state index is 0.0688. The zero-order valence-corrected chi connectivity index (χ0v) is 13.6. The van der Waals surface area contributed by atoms with Gasteiger partial charge in [0.2, 0.25) is 0 Å². The Morgan fingerprint density at radius 1 is 1.32 bits per heavy atom. The fourth-order valence-corrected chi connectivity index (χ4v) is 6.63. The third-order valence-electron chi connectivity index (χ3n) is 7.66. The van der Waals surface area contributed by atoms with Crippen LogP contribution in [-0.2, 0) is 4.79 Å². The molecule has 0 aromatic rings. The SMILES string of the molecule is C[C@]12CCCC=C1CC[C@@H]1[C@@H]2[C@@H](O)C[C@]2(C)C(=O)C(F)C[C@@H]12. The molecule has 0 radical (unpaired) electrons. The summed E-state index contributed by atoms with van der Waals surface area (Å²) in [5.41, 5.74) is 0.954. The predicted octanol–water partition coefficient (Wildman–Crippen LogP) is 3.83. The molecule has 1 unspecified atom stereocenters. The summed E-state index contributed by atoms with van der Waals surface area (Å²) in [6, 6.07) is 0. The highest BCUT2D eigenvalue weighted by Crippen LogP contribution is 2.64. The smallest absolute Gasteiger partial charge is 0.173 e. The van der Waals surface area contributed by atoms with Gasteiger partial charge in [0.1, 0.15) is 0 Å². The molecule has 2 nitrogen and oxygen atoms in total. The monoisotopic (exact) mass is 306 g/mol. The second-order valence-electron chi connectivity index (χ2n) is 8.63. The zero-order valence-electron chi connectivity index (χ0n) is 13.6. The van der Waals surface area contributed by atoms with Crippen LogP contribution in [0.3, 0.4) is 0 Å². The van der Waals surface area contributed by atoms with Crippen molar-refractivity contribution >= 4 is 5.78 Å². The highest BCUT2D eigenvalue weighted by molar-refractivity contribution is 5.91. The van der Waals surface area contributed by atoms with E-state index in [0.29, 0.717) is 18.8 Å². The number of fused-ring (bicyclic) bond motifs is 5. The highest BCUT2D eigenvalue weighted by atomic mass is 19.1. The lowest BCUT2D eigenvalue weighted by Gasteiger charge is -2.58. The van der Waals surface area contributed by atoms with Crippen molar-refractivity contribution < 1.29 is 14.3 Å². The maximum atomic E-state index is 14.1. The van der Waals surface area contributed by atoms with E-state index in [1.54, 1.807) is 0 Å². The van der Waals surface area contributed by atoms with Crippen molar-refractivity contribution in [3.63, 3.8) is 0 Å². The summed E-state index contributed by atoms with van der Waals surface area (Å²) in [4.78, 5) is 12.3. The minimum atomic E-state index is -1.31. The van der Waals surface area contributed by atoms with E-state index in [1.165, 1.54) is 12.0 Å². The van der Waals surface area contributed by atoms with Gasteiger partial charge in [-0.3, -0.25) is 4.79 Å². The Morgan fingerprint density at radius 3 is 2.86 bits per heavy atom. The van der Waals surface area contributed by atoms with Crippen LogP contribution in [0.4, 0.5) is 4.39 Å². The number of hydrogen-bond acceptors (Lipinski definition) is 2. The number of ketones is 1. The fraction of sp³-hybridized carbons (Fsp3) is 0.842. The van der Waals surface area contributed by atoms with Crippen molar-refractivity contribution in [3.05, 3.63) is 11.6 Å². The van der Waals surface area contributed by atoms with E-state index in [9.17, 15) is 14.3 Å². The van der Waals surface area contributed by atoms with Gasteiger partial charge in [0.15, 0.2) is 12.0 Å². The molecule has 3 heteroatoms. The second kappa shape index (κ2) is 4.66. The fourth-order valence-electron chi connectivity index (χ4n) is 6.63. The lowest BCUT2D eigenvalue weighted by molar-refractivity contribution is -0.147. The molecule has 1 N–H and O–H groups in total. The van der Waals surface area contributed by atoms with Crippen molar-refractivity contribution in [2.45, 2.75) is 71.1 Å². The molecular weight excluding hydrogens is 279 g/mol. The van der Waals surface area contributed by atoms with Gasteiger partial charge < -0.3 is 5.11 Å². The number of alkyl halides is 1. The second-order valence-corrected chi connectivity index (χ2v) is 8.63. The highest BCUT2D eigenvalue weighted by Gasteiger charge is 2.64.